The molecular formula is C13H9ClN2O3. The van der Waals surface area contributed by atoms with Crippen molar-refractivity contribution < 1.29 is 13.7 Å². The second kappa shape index (κ2) is 5.16. The monoisotopic (exact) mass is 276 g/mol. The molecule has 19 heavy (non-hydrogen) atoms. The number of hydrogen-bond donors (Lipinski definition) is 0. The highest BCUT2D eigenvalue weighted by molar-refractivity contribution is 6.32. The minimum Gasteiger partial charge on any atom is -0.484 e. The van der Waals surface area contributed by atoms with Gasteiger partial charge in [-0.25, -0.2) is 0 Å². The Balaban J connectivity index is 1.70. The van der Waals surface area contributed by atoms with Gasteiger partial charge in [0.05, 0.1) is 11.3 Å². The summed E-state index contributed by atoms with van der Waals surface area (Å²) in [6, 6.07) is 10.7. The molecule has 0 aliphatic heterocycles. The number of benzene rings is 1. The van der Waals surface area contributed by atoms with E-state index in [2.05, 4.69) is 10.1 Å². The van der Waals surface area contributed by atoms with Gasteiger partial charge in [-0.15, -0.1) is 0 Å². The second-order valence-electron chi connectivity index (χ2n) is 3.71. The Morgan fingerprint density at radius 3 is 2.84 bits per heavy atom. The Labute approximate surface area is 113 Å². The topological polar surface area (TPSA) is 61.3 Å². The molecule has 0 radical (unpaired) electrons. The number of ether oxygens (including phenoxy) is 1. The zero-order chi connectivity index (χ0) is 13.1. The zero-order valence-electron chi connectivity index (χ0n) is 9.75. The largest absolute Gasteiger partial charge is 0.484 e. The van der Waals surface area contributed by atoms with Crippen LogP contribution < -0.4 is 4.74 Å². The maximum absolute atomic E-state index is 5.97. The predicted molar refractivity (Wildman–Crippen MR) is 67.8 cm³/mol. The van der Waals surface area contributed by atoms with Gasteiger partial charge < -0.3 is 13.7 Å². The molecule has 6 heteroatoms. The number of aromatic nitrogens is 2. The number of nitrogens with zero attached hydrogens (tertiary/aromatic N) is 2. The first-order chi connectivity index (χ1) is 9.33. The van der Waals surface area contributed by atoms with Gasteiger partial charge in [-0.1, -0.05) is 28.9 Å². The van der Waals surface area contributed by atoms with E-state index >= 15 is 0 Å². The van der Waals surface area contributed by atoms with Crippen LogP contribution in [0.25, 0.3) is 11.7 Å². The fourth-order valence-corrected chi connectivity index (χ4v) is 1.71. The van der Waals surface area contributed by atoms with Crippen molar-refractivity contribution in [1.82, 2.24) is 10.1 Å². The molecule has 0 spiro atoms. The lowest BCUT2D eigenvalue weighted by Gasteiger charge is -2.04. The molecule has 0 bridgehead atoms. The molecule has 0 fully saturated rings. The van der Waals surface area contributed by atoms with Gasteiger partial charge in [0.25, 0.3) is 5.89 Å². The van der Waals surface area contributed by atoms with E-state index in [1.807, 2.05) is 12.1 Å². The molecule has 1 aromatic carbocycles. The highest BCUT2D eigenvalue weighted by atomic mass is 35.5. The summed E-state index contributed by atoms with van der Waals surface area (Å²) in [5.41, 5.74) is 0. The molecule has 0 amide bonds. The molecule has 0 saturated heterocycles. The summed E-state index contributed by atoms with van der Waals surface area (Å²) in [6.45, 7) is 0.175. The molecule has 0 N–H and O–H groups in total. The van der Waals surface area contributed by atoms with Gasteiger partial charge in [0.15, 0.2) is 12.4 Å². The van der Waals surface area contributed by atoms with E-state index in [-0.39, 0.29) is 6.61 Å². The Morgan fingerprint density at radius 1 is 1.16 bits per heavy atom. The van der Waals surface area contributed by atoms with Crippen LogP contribution in [0.3, 0.4) is 0 Å². The maximum Gasteiger partial charge on any atom is 0.293 e. The molecule has 0 aliphatic carbocycles. The SMILES string of the molecule is Clc1ccccc1OCc1noc(-c2ccco2)n1. The molecule has 0 atom stereocenters. The van der Waals surface area contributed by atoms with Crippen LogP contribution in [-0.2, 0) is 6.61 Å². The van der Waals surface area contributed by atoms with Crippen LogP contribution in [0.2, 0.25) is 5.02 Å². The smallest absolute Gasteiger partial charge is 0.293 e. The lowest BCUT2D eigenvalue weighted by atomic mass is 10.3. The summed E-state index contributed by atoms with van der Waals surface area (Å²) >= 11 is 5.97. The summed E-state index contributed by atoms with van der Waals surface area (Å²) in [7, 11) is 0. The lowest BCUT2D eigenvalue weighted by Crippen LogP contribution is -1.97. The Kier molecular flexibility index (Phi) is 3.20. The van der Waals surface area contributed by atoms with Crippen LogP contribution in [0, 0.1) is 0 Å². The lowest BCUT2D eigenvalue weighted by molar-refractivity contribution is 0.287. The fourth-order valence-electron chi connectivity index (χ4n) is 1.52. The van der Waals surface area contributed by atoms with Crippen LogP contribution in [0.5, 0.6) is 5.75 Å². The van der Waals surface area contributed by atoms with Gasteiger partial charge in [0.2, 0.25) is 5.82 Å². The van der Waals surface area contributed by atoms with Crippen molar-refractivity contribution in [2.24, 2.45) is 0 Å². The van der Waals surface area contributed by atoms with Crippen LogP contribution in [0.15, 0.2) is 51.6 Å². The minimum atomic E-state index is 0.175. The van der Waals surface area contributed by atoms with Gasteiger partial charge in [0.1, 0.15) is 5.75 Å². The Hall–Kier alpha value is -2.27. The molecule has 5 nitrogen and oxygen atoms in total. The number of para-hydroxylation sites is 1. The van der Waals surface area contributed by atoms with Gasteiger partial charge in [0, 0.05) is 0 Å². The normalized spacial score (nSPS) is 10.6. The van der Waals surface area contributed by atoms with Crippen molar-refractivity contribution in [2.45, 2.75) is 6.61 Å². The van der Waals surface area contributed by atoms with E-state index in [0.717, 1.165) is 0 Å². The molecule has 0 saturated carbocycles. The van der Waals surface area contributed by atoms with Crippen LogP contribution in [0.4, 0.5) is 0 Å². The van der Waals surface area contributed by atoms with Crippen LogP contribution in [-0.4, -0.2) is 10.1 Å². The molecule has 0 unspecified atom stereocenters. The Morgan fingerprint density at radius 2 is 2.05 bits per heavy atom. The Bertz CT molecular complexity index is 664. The molecule has 96 valence electrons. The van der Waals surface area contributed by atoms with Crippen molar-refractivity contribution in [2.75, 3.05) is 0 Å². The summed E-state index contributed by atoms with van der Waals surface area (Å²) in [5.74, 6) is 1.85. The van der Waals surface area contributed by atoms with Crippen molar-refractivity contribution in [3.05, 3.63) is 53.5 Å². The first-order valence-corrected chi connectivity index (χ1v) is 5.94. The van der Waals surface area contributed by atoms with Gasteiger partial charge >= 0.3 is 0 Å². The number of rotatable bonds is 4. The number of halogens is 1. The van der Waals surface area contributed by atoms with E-state index in [0.29, 0.717) is 28.2 Å². The second-order valence-corrected chi connectivity index (χ2v) is 4.12. The highest BCUT2D eigenvalue weighted by Crippen LogP contribution is 2.24. The van der Waals surface area contributed by atoms with Gasteiger partial charge in [-0.05, 0) is 24.3 Å². The summed E-state index contributed by atoms with van der Waals surface area (Å²) in [5, 5.41) is 4.34. The van der Waals surface area contributed by atoms with E-state index in [4.69, 9.17) is 25.3 Å². The van der Waals surface area contributed by atoms with Crippen molar-refractivity contribution in [3.63, 3.8) is 0 Å². The van der Waals surface area contributed by atoms with Gasteiger partial charge in [-0.2, -0.15) is 4.98 Å². The molecular weight excluding hydrogens is 268 g/mol. The quantitative estimate of drug-likeness (QED) is 0.729. The van der Waals surface area contributed by atoms with E-state index in [9.17, 15) is 0 Å². The zero-order valence-corrected chi connectivity index (χ0v) is 10.5. The number of furan rings is 1. The van der Waals surface area contributed by atoms with E-state index in [1.165, 1.54) is 0 Å². The third kappa shape index (κ3) is 2.61. The third-order valence-corrected chi connectivity index (χ3v) is 2.71. The third-order valence-electron chi connectivity index (χ3n) is 2.39. The van der Waals surface area contributed by atoms with E-state index in [1.54, 1.807) is 30.5 Å². The molecule has 2 aromatic heterocycles. The molecule has 3 aromatic rings. The van der Waals surface area contributed by atoms with Crippen molar-refractivity contribution >= 4 is 11.6 Å². The molecule has 2 heterocycles. The van der Waals surface area contributed by atoms with Crippen molar-refractivity contribution in [1.29, 1.82) is 0 Å². The summed E-state index contributed by atoms with van der Waals surface area (Å²) < 4.78 is 15.7. The van der Waals surface area contributed by atoms with Crippen LogP contribution in [0.1, 0.15) is 5.82 Å². The van der Waals surface area contributed by atoms with Gasteiger partial charge in [-0.3, -0.25) is 0 Å². The molecule has 0 aliphatic rings. The fraction of sp³-hybridized carbons (Fsp3) is 0.0769. The first kappa shape index (κ1) is 11.8. The standard InChI is InChI=1S/C13H9ClN2O3/c14-9-4-1-2-5-10(9)18-8-12-15-13(19-16-12)11-6-3-7-17-11/h1-7H,8H2. The average molecular weight is 277 g/mol. The molecule has 3 rings (SSSR count). The summed E-state index contributed by atoms with van der Waals surface area (Å²) in [6.07, 6.45) is 1.54. The number of hydrogen-bond acceptors (Lipinski definition) is 5. The van der Waals surface area contributed by atoms with Crippen molar-refractivity contribution in [3.8, 4) is 17.4 Å². The maximum atomic E-state index is 5.97. The van der Waals surface area contributed by atoms with Crippen LogP contribution >= 0.6 is 11.6 Å². The average Bonchev–Trinajstić information content (AvgIpc) is 3.09. The minimum absolute atomic E-state index is 0.175. The summed E-state index contributed by atoms with van der Waals surface area (Å²) in [4.78, 5) is 4.16. The predicted octanol–water partition coefficient (Wildman–Crippen LogP) is 3.56. The van der Waals surface area contributed by atoms with E-state index < -0.39 is 0 Å². The highest BCUT2D eigenvalue weighted by Gasteiger charge is 2.11. The first-order valence-electron chi connectivity index (χ1n) is 5.57.